The summed E-state index contributed by atoms with van der Waals surface area (Å²) in [6.07, 6.45) is -1.29. The summed E-state index contributed by atoms with van der Waals surface area (Å²) in [6, 6.07) is 6.28. The highest BCUT2D eigenvalue weighted by molar-refractivity contribution is 5.86. The molecule has 0 aliphatic carbocycles. The second-order valence-electron chi connectivity index (χ2n) is 4.46. The number of nitrogens with two attached hydrogens (primary N) is 1. The molecular formula is C12H14N2O4. The van der Waals surface area contributed by atoms with Gasteiger partial charge in [-0.05, 0) is 18.1 Å². The van der Waals surface area contributed by atoms with Gasteiger partial charge in [-0.2, -0.15) is 0 Å². The molecule has 0 unspecified atom stereocenters. The van der Waals surface area contributed by atoms with Crippen molar-refractivity contribution in [2.24, 2.45) is 5.73 Å². The SMILES string of the molecule is C[C@@]1(C(=O)O)c2ccccc2[C@@H](N)CN1C(=O)O. The predicted octanol–water partition coefficient (Wildman–Crippen LogP) is 0.980. The van der Waals surface area contributed by atoms with Crippen LogP contribution in [0.2, 0.25) is 0 Å². The molecule has 1 heterocycles. The Labute approximate surface area is 104 Å². The number of hydrogen-bond acceptors (Lipinski definition) is 3. The first-order valence-corrected chi connectivity index (χ1v) is 5.48. The predicted molar refractivity (Wildman–Crippen MR) is 63.1 cm³/mol. The zero-order valence-electron chi connectivity index (χ0n) is 9.83. The Kier molecular flexibility index (Phi) is 2.74. The van der Waals surface area contributed by atoms with Crippen molar-refractivity contribution >= 4 is 12.1 Å². The Bertz CT molecular complexity index is 517. The first-order chi connectivity index (χ1) is 8.39. The van der Waals surface area contributed by atoms with E-state index in [2.05, 4.69) is 0 Å². The van der Waals surface area contributed by atoms with Gasteiger partial charge in [0.05, 0.1) is 0 Å². The maximum absolute atomic E-state index is 11.5. The number of nitrogens with zero attached hydrogens (tertiary/aromatic N) is 1. The highest BCUT2D eigenvalue weighted by atomic mass is 16.4. The number of benzene rings is 1. The van der Waals surface area contributed by atoms with E-state index >= 15 is 0 Å². The molecule has 6 nitrogen and oxygen atoms in total. The van der Waals surface area contributed by atoms with Crippen molar-refractivity contribution < 1.29 is 19.8 Å². The Balaban J connectivity index is 2.68. The average molecular weight is 250 g/mol. The largest absolute Gasteiger partial charge is 0.479 e. The zero-order valence-corrected chi connectivity index (χ0v) is 9.83. The van der Waals surface area contributed by atoms with Crippen LogP contribution in [0.1, 0.15) is 24.1 Å². The van der Waals surface area contributed by atoms with E-state index in [1.165, 1.54) is 6.92 Å². The summed E-state index contributed by atoms with van der Waals surface area (Å²) in [6.45, 7) is 1.35. The number of carboxylic acids is 1. The Morgan fingerprint density at radius 3 is 2.56 bits per heavy atom. The number of carboxylic acid groups (broad SMARTS) is 2. The van der Waals surface area contributed by atoms with Crippen molar-refractivity contribution in [3.05, 3.63) is 35.4 Å². The molecule has 1 aromatic carbocycles. The lowest BCUT2D eigenvalue weighted by atomic mass is 9.80. The Morgan fingerprint density at radius 2 is 2.00 bits per heavy atom. The minimum absolute atomic E-state index is 0.0326. The van der Waals surface area contributed by atoms with Gasteiger partial charge < -0.3 is 15.9 Å². The highest BCUT2D eigenvalue weighted by Crippen LogP contribution is 2.38. The van der Waals surface area contributed by atoms with Crippen LogP contribution in [0.15, 0.2) is 24.3 Å². The lowest BCUT2D eigenvalue weighted by Crippen LogP contribution is -2.57. The molecule has 1 aliphatic heterocycles. The topological polar surface area (TPSA) is 104 Å². The van der Waals surface area contributed by atoms with Gasteiger partial charge in [0.1, 0.15) is 0 Å². The quantitative estimate of drug-likeness (QED) is 0.689. The lowest BCUT2D eigenvalue weighted by molar-refractivity contribution is -0.150. The van der Waals surface area contributed by atoms with Crippen molar-refractivity contribution in [3.63, 3.8) is 0 Å². The summed E-state index contributed by atoms with van der Waals surface area (Å²) in [4.78, 5) is 23.6. The molecule has 0 bridgehead atoms. The van der Waals surface area contributed by atoms with Gasteiger partial charge in [0.2, 0.25) is 0 Å². The molecular weight excluding hydrogens is 236 g/mol. The molecule has 96 valence electrons. The normalized spacial score (nSPS) is 26.6. The van der Waals surface area contributed by atoms with Gasteiger partial charge in [-0.3, -0.25) is 4.90 Å². The van der Waals surface area contributed by atoms with Crippen LogP contribution < -0.4 is 5.73 Å². The van der Waals surface area contributed by atoms with Gasteiger partial charge in [-0.15, -0.1) is 0 Å². The molecule has 18 heavy (non-hydrogen) atoms. The number of hydrogen-bond donors (Lipinski definition) is 3. The minimum Gasteiger partial charge on any atom is -0.479 e. The third-order valence-electron chi connectivity index (χ3n) is 3.45. The smallest absolute Gasteiger partial charge is 0.408 e. The summed E-state index contributed by atoms with van der Waals surface area (Å²) in [5.41, 5.74) is 5.41. The minimum atomic E-state index is -1.60. The third kappa shape index (κ3) is 1.53. The maximum Gasteiger partial charge on any atom is 0.408 e. The third-order valence-corrected chi connectivity index (χ3v) is 3.45. The number of fused-ring (bicyclic) bond motifs is 1. The van der Waals surface area contributed by atoms with Crippen LogP contribution in [-0.2, 0) is 10.3 Å². The molecule has 2 atom stereocenters. The summed E-state index contributed by atoms with van der Waals surface area (Å²) in [7, 11) is 0. The van der Waals surface area contributed by atoms with E-state index in [-0.39, 0.29) is 6.54 Å². The second-order valence-corrected chi connectivity index (χ2v) is 4.46. The molecule has 1 amide bonds. The first kappa shape index (κ1) is 12.4. The number of rotatable bonds is 1. The average Bonchev–Trinajstić information content (AvgIpc) is 2.33. The van der Waals surface area contributed by atoms with E-state index in [1.807, 2.05) is 0 Å². The lowest BCUT2D eigenvalue weighted by Gasteiger charge is -2.43. The van der Waals surface area contributed by atoms with Gasteiger partial charge in [-0.25, -0.2) is 9.59 Å². The van der Waals surface area contributed by atoms with Gasteiger partial charge in [-0.1, -0.05) is 24.3 Å². The van der Waals surface area contributed by atoms with Crippen molar-refractivity contribution in [2.45, 2.75) is 18.5 Å². The van der Waals surface area contributed by atoms with E-state index in [4.69, 9.17) is 5.73 Å². The zero-order chi connectivity index (χ0) is 13.5. The first-order valence-electron chi connectivity index (χ1n) is 5.48. The second kappa shape index (κ2) is 3.99. The fourth-order valence-electron chi connectivity index (χ4n) is 2.39. The molecule has 1 aromatic rings. The van der Waals surface area contributed by atoms with Crippen LogP contribution in [0.25, 0.3) is 0 Å². The van der Waals surface area contributed by atoms with E-state index < -0.39 is 23.6 Å². The molecule has 0 saturated heterocycles. The Hall–Kier alpha value is -2.08. The van der Waals surface area contributed by atoms with Crippen molar-refractivity contribution in [3.8, 4) is 0 Å². The van der Waals surface area contributed by atoms with Gasteiger partial charge in [0.15, 0.2) is 5.54 Å². The molecule has 0 fully saturated rings. The van der Waals surface area contributed by atoms with Crippen LogP contribution in [0.4, 0.5) is 4.79 Å². The van der Waals surface area contributed by atoms with E-state index in [9.17, 15) is 19.8 Å². The van der Waals surface area contributed by atoms with Crippen molar-refractivity contribution in [1.82, 2.24) is 4.90 Å². The van der Waals surface area contributed by atoms with Gasteiger partial charge in [0, 0.05) is 12.6 Å². The van der Waals surface area contributed by atoms with Crippen LogP contribution in [0.5, 0.6) is 0 Å². The van der Waals surface area contributed by atoms with Gasteiger partial charge >= 0.3 is 12.1 Å². The Morgan fingerprint density at radius 1 is 1.39 bits per heavy atom. The number of amides is 1. The molecule has 6 heteroatoms. The van der Waals surface area contributed by atoms with Gasteiger partial charge in [0.25, 0.3) is 0 Å². The van der Waals surface area contributed by atoms with Crippen LogP contribution in [0, 0.1) is 0 Å². The molecule has 0 aromatic heterocycles. The fourth-order valence-corrected chi connectivity index (χ4v) is 2.39. The van der Waals surface area contributed by atoms with E-state index in [0.717, 1.165) is 4.90 Å². The molecule has 4 N–H and O–H groups in total. The molecule has 2 rings (SSSR count). The van der Waals surface area contributed by atoms with Crippen LogP contribution >= 0.6 is 0 Å². The summed E-state index contributed by atoms with van der Waals surface area (Å²) in [5.74, 6) is -1.20. The highest BCUT2D eigenvalue weighted by Gasteiger charge is 2.49. The van der Waals surface area contributed by atoms with Crippen LogP contribution in [0.3, 0.4) is 0 Å². The monoisotopic (exact) mass is 250 g/mol. The number of carbonyl (C=O) groups is 2. The van der Waals surface area contributed by atoms with Crippen molar-refractivity contribution in [1.29, 1.82) is 0 Å². The fraction of sp³-hybridized carbons (Fsp3) is 0.333. The maximum atomic E-state index is 11.5. The summed E-state index contributed by atoms with van der Waals surface area (Å²) >= 11 is 0. The summed E-state index contributed by atoms with van der Waals surface area (Å²) in [5, 5.41) is 18.6. The molecule has 0 spiro atoms. The standard InChI is InChI=1S/C12H14N2O4/c1-12(10(15)16)8-5-3-2-4-7(8)9(13)6-14(12)11(17)18/h2-5,9H,6,13H2,1H3,(H,15,16)(H,17,18)/t9-,12-/m0/s1. The van der Waals surface area contributed by atoms with Crippen LogP contribution in [-0.4, -0.2) is 33.7 Å². The summed E-state index contributed by atoms with van der Waals surface area (Å²) < 4.78 is 0. The molecule has 0 saturated carbocycles. The van der Waals surface area contributed by atoms with E-state index in [0.29, 0.717) is 11.1 Å². The van der Waals surface area contributed by atoms with Crippen molar-refractivity contribution in [2.75, 3.05) is 6.54 Å². The molecule has 0 radical (unpaired) electrons. The molecule has 1 aliphatic rings. The van der Waals surface area contributed by atoms with E-state index in [1.54, 1.807) is 24.3 Å². The number of aliphatic carboxylic acids is 1.